The van der Waals surface area contributed by atoms with Crippen LogP contribution in [0.2, 0.25) is 0 Å². The number of nitrogens with one attached hydrogen (secondary N) is 1. The molecule has 23 heavy (non-hydrogen) atoms. The van der Waals surface area contributed by atoms with Gasteiger partial charge in [-0.25, -0.2) is 9.97 Å². The molecule has 3 heterocycles. The summed E-state index contributed by atoms with van der Waals surface area (Å²) >= 11 is 1.78. The van der Waals surface area contributed by atoms with Crippen LogP contribution in [0.1, 0.15) is 4.88 Å². The first-order valence-electron chi connectivity index (χ1n) is 7.47. The van der Waals surface area contributed by atoms with Crippen LogP contribution in [0.25, 0.3) is 22.5 Å². The number of hydrogen-bond acceptors (Lipinski definition) is 5. The number of hydrogen-bond donors (Lipinski definition) is 1. The van der Waals surface area contributed by atoms with Crippen molar-refractivity contribution in [1.82, 2.24) is 9.97 Å². The summed E-state index contributed by atoms with van der Waals surface area (Å²) in [6.07, 6.45) is 2.61. The van der Waals surface area contributed by atoms with Crippen LogP contribution < -0.4 is 5.32 Å². The van der Waals surface area contributed by atoms with Crippen molar-refractivity contribution >= 4 is 28.1 Å². The smallest absolute Gasteiger partial charge is 0.198 e. The lowest BCUT2D eigenvalue weighted by atomic mass is 10.2. The van der Waals surface area contributed by atoms with E-state index in [1.807, 2.05) is 36.4 Å². The third-order valence-electron chi connectivity index (χ3n) is 3.59. The van der Waals surface area contributed by atoms with E-state index in [4.69, 9.17) is 4.42 Å². The van der Waals surface area contributed by atoms with Crippen LogP contribution in [0.5, 0.6) is 0 Å². The predicted octanol–water partition coefficient (Wildman–Crippen LogP) is 4.61. The van der Waals surface area contributed by atoms with Crippen LogP contribution in [0.15, 0.2) is 64.6 Å². The number of fused-ring (bicyclic) bond motifs is 1. The SMILES string of the molecule is c1coc(-c2nc(NCCc3cccs3)c3ccccc3n2)c1. The molecule has 0 saturated heterocycles. The van der Waals surface area contributed by atoms with E-state index < -0.39 is 0 Å². The average molecular weight is 321 g/mol. The van der Waals surface area contributed by atoms with E-state index in [0.717, 1.165) is 29.7 Å². The molecule has 4 nitrogen and oxygen atoms in total. The summed E-state index contributed by atoms with van der Waals surface area (Å²) in [7, 11) is 0. The average Bonchev–Trinajstić information content (AvgIpc) is 3.28. The van der Waals surface area contributed by atoms with Crippen LogP contribution in [0, 0.1) is 0 Å². The van der Waals surface area contributed by atoms with Crippen molar-refractivity contribution in [2.75, 3.05) is 11.9 Å². The highest BCUT2D eigenvalue weighted by Crippen LogP contribution is 2.25. The molecule has 0 atom stereocenters. The lowest BCUT2D eigenvalue weighted by Gasteiger charge is -2.09. The first-order chi connectivity index (χ1) is 11.4. The number of aromatic nitrogens is 2. The molecular weight excluding hydrogens is 306 g/mol. The van der Waals surface area contributed by atoms with Crippen molar-refractivity contribution in [2.24, 2.45) is 0 Å². The largest absolute Gasteiger partial charge is 0.461 e. The highest BCUT2D eigenvalue weighted by molar-refractivity contribution is 7.09. The van der Waals surface area contributed by atoms with Gasteiger partial charge in [0.1, 0.15) is 5.82 Å². The molecular formula is C18H15N3OS. The Morgan fingerprint density at radius 2 is 1.96 bits per heavy atom. The van der Waals surface area contributed by atoms with Crippen molar-refractivity contribution in [2.45, 2.75) is 6.42 Å². The third kappa shape index (κ3) is 2.96. The van der Waals surface area contributed by atoms with Gasteiger partial charge in [0.25, 0.3) is 0 Å². The molecule has 0 aliphatic heterocycles. The molecule has 0 saturated carbocycles. The highest BCUT2D eigenvalue weighted by atomic mass is 32.1. The molecule has 0 radical (unpaired) electrons. The molecule has 5 heteroatoms. The zero-order valence-corrected chi connectivity index (χ0v) is 13.2. The van der Waals surface area contributed by atoms with E-state index >= 15 is 0 Å². The fourth-order valence-corrected chi connectivity index (χ4v) is 3.20. The van der Waals surface area contributed by atoms with E-state index in [1.54, 1.807) is 17.6 Å². The maximum absolute atomic E-state index is 5.44. The second-order valence-electron chi connectivity index (χ2n) is 5.15. The summed E-state index contributed by atoms with van der Waals surface area (Å²) in [4.78, 5) is 10.6. The summed E-state index contributed by atoms with van der Waals surface area (Å²) < 4.78 is 5.44. The molecule has 4 rings (SSSR count). The van der Waals surface area contributed by atoms with Gasteiger partial charge in [-0.3, -0.25) is 0 Å². The molecule has 3 aromatic heterocycles. The Bertz CT molecular complexity index is 901. The van der Waals surface area contributed by atoms with Gasteiger partial charge >= 0.3 is 0 Å². The van der Waals surface area contributed by atoms with Crippen molar-refractivity contribution in [3.63, 3.8) is 0 Å². The standard InChI is InChI=1S/C18H15N3OS/c1-2-7-15-14(6-1)17(19-10-9-13-5-4-12-23-13)21-18(20-15)16-8-3-11-22-16/h1-8,11-12H,9-10H2,(H,19,20,21). The first kappa shape index (κ1) is 14.0. The Balaban J connectivity index is 1.66. The molecule has 0 fully saturated rings. The number of para-hydroxylation sites is 1. The van der Waals surface area contributed by atoms with Crippen molar-refractivity contribution < 1.29 is 4.42 Å². The molecule has 1 N–H and O–H groups in total. The minimum absolute atomic E-state index is 0.604. The molecule has 4 aromatic rings. The first-order valence-corrected chi connectivity index (χ1v) is 8.35. The van der Waals surface area contributed by atoms with Gasteiger partial charge in [-0.1, -0.05) is 18.2 Å². The predicted molar refractivity (Wildman–Crippen MR) is 93.8 cm³/mol. The number of thiophene rings is 1. The molecule has 0 aliphatic rings. The van der Waals surface area contributed by atoms with E-state index in [9.17, 15) is 0 Å². The number of nitrogens with zero attached hydrogens (tertiary/aromatic N) is 2. The van der Waals surface area contributed by atoms with Crippen LogP contribution in [0.4, 0.5) is 5.82 Å². The Hall–Kier alpha value is -2.66. The van der Waals surface area contributed by atoms with Crippen LogP contribution in [-0.2, 0) is 6.42 Å². The topological polar surface area (TPSA) is 51.0 Å². The molecule has 0 spiro atoms. The summed E-state index contributed by atoms with van der Waals surface area (Å²) in [6, 6.07) is 16.0. The maximum atomic E-state index is 5.44. The Labute approximate surface area is 137 Å². The molecule has 114 valence electrons. The molecule has 0 unspecified atom stereocenters. The Kier molecular flexibility index (Phi) is 3.78. The minimum Gasteiger partial charge on any atom is -0.461 e. The Morgan fingerprint density at radius 1 is 1.00 bits per heavy atom. The van der Waals surface area contributed by atoms with Gasteiger partial charge in [0.15, 0.2) is 11.6 Å². The van der Waals surface area contributed by atoms with E-state index in [-0.39, 0.29) is 0 Å². The van der Waals surface area contributed by atoms with E-state index in [1.165, 1.54) is 4.88 Å². The number of rotatable bonds is 5. The van der Waals surface area contributed by atoms with Crippen molar-refractivity contribution in [1.29, 1.82) is 0 Å². The van der Waals surface area contributed by atoms with Gasteiger partial charge in [-0.15, -0.1) is 11.3 Å². The quantitative estimate of drug-likeness (QED) is 0.583. The van der Waals surface area contributed by atoms with Gasteiger partial charge in [-0.2, -0.15) is 0 Å². The summed E-state index contributed by atoms with van der Waals surface area (Å²) in [5, 5.41) is 6.57. The maximum Gasteiger partial charge on any atom is 0.198 e. The monoisotopic (exact) mass is 321 g/mol. The highest BCUT2D eigenvalue weighted by Gasteiger charge is 2.10. The zero-order chi connectivity index (χ0) is 15.5. The van der Waals surface area contributed by atoms with Gasteiger partial charge in [0.05, 0.1) is 11.8 Å². The number of anilines is 1. The van der Waals surface area contributed by atoms with Gasteiger partial charge < -0.3 is 9.73 Å². The summed E-state index contributed by atoms with van der Waals surface area (Å²) in [5.41, 5.74) is 0.910. The second-order valence-corrected chi connectivity index (χ2v) is 6.18. The van der Waals surface area contributed by atoms with E-state index in [0.29, 0.717) is 11.6 Å². The van der Waals surface area contributed by atoms with Crippen LogP contribution in [0.3, 0.4) is 0 Å². The zero-order valence-electron chi connectivity index (χ0n) is 12.4. The van der Waals surface area contributed by atoms with Gasteiger partial charge in [-0.05, 0) is 42.1 Å². The molecule has 0 bridgehead atoms. The Morgan fingerprint density at radius 3 is 2.78 bits per heavy atom. The van der Waals surface area contributed by atoms with E-state index in [2.05, 4.69) is 32.8 Å². The van der Waals surface area contributed by atoms with Gasteiger partial charge in [0.2, 0.25) is 0 Å². The lowest BCUT2D eigenvalue weighted by molar-refractivity contribution is 0.577. The molecule has 0 aliphatic carbocycles. The normalized spacial score (nSPS) is 11.0. The van der Waals surface area contributed by atoms with Gasteiger partial charge in [0, 0.05) is 16.8 Å². The summed E-state index contributed by atoms with van der Waals surface area (Å²) in [6.45, 7) is 0.832. The van der Waals surface area contributed by atoms with Crippen molar-refractivity contribution in [3.05, 3.63) is 65.1 Å². The minimum atomic E-state index is 0.604. The molecule has 1 aromatic carbocycles. The third-order valence-corrected chi connectivity index (χ3v) is 4.52. The number of benzene rings is 1. The van der Waals surface area contributed by atoms with Crippen LogP contribution in [-0.4, -0.2) is 16.5 Å². The fraction of sp³-hybridized carbons (Fsp3) is 0.111. The second kappa shape index (κ2) is 6.22. The number of furan rings is 1. The molecule has 0 amide bonds. The van der Waals surface area contributed by atoms with Crippen LogP contribution >= 0.6 is 11.3 Å². The fourth-order valence-electron chi connectivity index (χ4n) is 2.49. The summed E-state index contributed by atoms with van der Waals surface area (Å²) in [5.74, 6) is 2.13. The van der Waals surface area contributed by atoms with Crippen molar-refractivity contribution in [3.8, 4) is 11.6 Å². The lowest BCUT2D eigenvalue weighted by Crippen LogP contribution is -2.07.